The van der Waals surface area contributed by atoms with Crippen molar-refractivity contribution in [2.75, 3.05) is 6.54 Å². The molecule has 1 saturated carbocycles. The Labute approximate surface area is 74.4 Å². The van der Waals surface area contributed by atoms with E-state index in [2.05, 4.69) is 5.32 Å². The highest BCUT2D eigenvalue weighted by Crippen LogP contribution is 2.30. The average molecular weight is 169 g/mol. The van der Waals surface area contributed by atoms with Crippen LogP contribution in [0.15, 0.2) is 0 Å². The van der Waals surface area contributed by atoms with Gasteiger partial charge in [0.05, 0.1) is 6.10 Å². The van der Waals surface area contributed by atoms with E-state index in [4.69, 9.17) is 0 Å². The predicted octanol–water partition coefficient (Wildman–Crippen LogP) is 1.29. The van der Waals surface area contributed by atoms with Crippen LogP contribution in [0.3, 0.4) is 0 Å². The Kier molecular flexibility index (Phi) is 2.66. The molecule has 2 nitrogen and oxygen atoms in total. The topological polar surface area (TPSA) is 32.3 Å². The zero-order valence-electron chi connectivity index (χ0n) is 7.63. The molecule has 0 amide bonds. The lowest BCUT2D eigenvalue weighted by molar-refractivity contribution is 0.0777. The largest absolute Gasteiger partial charge is 0.391 e. The number of hydrogen-bond acceptors (Lipinski definition) is 2. The van der Waals surface area contributed by atoms with Gasteiger partial charge < -0.3 is 10.4 Å². The first kappa shape index (κ1) is 8.52. The van der Waals surface area contributed by atoms with Gasteiger partial charge in [-0.25, -0.2) is 0 Å². The van der Waals surface area contributed by atoms with Crippen LogP contribution in [0.5, 0.6) is 0 Å². The summed E-state index contributed by atoms with van der Waals surface area (Å²) >= 11 is 0. The molecule has 1 aliphatic carbocycles. The molecule has 2 atom stereocenters. The van der Waals surface area contributed by atoms with E-state index in [1.165, 1.54) is 38.5 Å². The van der Waals surface area contributed by atoms with Crippen molar-refractivity contribution in [2.45, 2.75) is 50.7 Å². The van der Waals surface area contributed by atoms with E-state index in [0.29, 0.717) is 12.0 Å². The zero-order chi connectivity index (χ0) is 8.39. The van der Waals surface area contributed by atoms with Crippen LogP contribution in [0, 0.1) is 5.92 Å². The second-order valence-electron chi connectivity index (χ2n) is 4.24. The van der Waals surface area contributed by atoms with Crippen molar-refractivity contribution in [3.63, 3.8) is 0 Å². The van der Waals surface area contributed by atoms with Crippen LogP contribution in [0.1, 0.15) is 38.5 Å². The lowest BCUT2D eigenvalue weighted by Gasteiger charge is -2.23. The third-order valence-corrected chi connectivity index (χ3v) is 3.39. The minimum Gasteiger partial charge on any atom is -0.391 e. The number of hydrogen-bond donors (Lipinski definition) is 2. The van der Waals surface area contributed by atoms with Gasteiger partial charge in [-0.05, 0) is 38.1 Å². The van der Waals surface area contributed by atoms with Gasteiger partial charge in [-0.1, -0.05) is 12.8 Å². The Bertz CT molecular complexity index is 121. The standard InChI is InChI=1S/C10H19NO/c12-10(8-4-1-2-5-8)9-6-3-7-11-9/h8-12H,1-7H2/t9-,10+/m0/s1. The van der Waals surface area contributed by atoms with Crippen LogP contribution in [-0.2, 0) is 0 Å². The van der Waals surface area contributed by atoms with E-state index in [-0.39, 0.29) is 6.10 Å². The summed E-state index contributed by atoms with van der Waals surface area (Å²) in [5.74, 6) is 0.598. The van der Waals surface area contributed by atoms with Gasteiger partial charge in [0.2, 0.25) is 0 Å². The summed E-state index contributed by atoms with van der Waals surface area (Å²) < 4.78 is 0. The Morgan fingerprint density at radius 2 is 1.83 bits per heavy atom. The highest BCUT2D eigenvalue weighted by molar-refractivity contribution is 4.87. The molecule has 2 N–H and O–H groups in total. The Balaban J connectivity index is 1.84. The average Bonchev–Trinajstić information content (AvgIpc) is 2.77. The Morgan fingerprint density at radius 3 is 2.42 bits per heavy atom. The molecule has 2 heteroatoms. The summed E-state index contributed by atoms with van der Waals surface area (Å²) in [7, 11) is 0. The number of aliphatic hydroxyl groups excluding tert-OH is 1. The molecular weight excluding hydrogens is 150 g/mol. The maximum Gasteiger partial charge on any atom is 0.0721 e. The van der Waals surface area contributed by atoms with Gasteiger partial charge >= 0.3 is 0 Å². The summed E-state index contributed by atoms with van der Waals surface area (Å²) in [6.45, 7) is 1.11. The second-order valence-corrected chi connectivity index (χ2v) is 4.24. The van der Waals surface area contributed by atoms with Gasteiger partial charge in [-0.3, -0.25) is 0 Å². The maximum absolute atomic E-state index is 9.99. The maximum atomic E-state index is 9.99. The number of aliphatic hydroxyl groups is 1. The molecular formula is C10H19NO. The molecule has 0 spiro atoms. The highest BCUT2D eigenvalue weighted by atomic mass is 16.3. The molecule has 0 unspecified atom stereocenters. The monoisotopic (exact) mass is 169 g/mol. The quantitative estimate of drug-likeness (QED) is 0.653. The van der Waals surface area contributed by atoms with E-state index in [1.807, 2.05) is 0 Å². The van der Waals surface area contributed by atoms with Gasteiger partial charge in [0.25, 0.3) is 0 Å². The fraction of sp³-hybridized carbons (Fsp3) is 1.00. The van der Waals surface area contributed by atoms with E-state index >= 15 is 0 Å². The van der Waals surface area contributed by atoms with E-state index in [1.54, 1.807) is 0 Å². The molecule has 2 aliphatic rings. The molecule has 70 valence electrons. The summed E-state index contributed by atoms with van der Waals surface area (Å²) in [4.78, 5) is 0. The van der Waals surface area contributed by atoms with Crippen LogP contribution in [-0.4, -0.2) is 23.8 Å². The zero-order valence-corrected chi connectivity index (χ0v) is 7.63. The SMILES string of the molecule is O[C@H](C1CCCC1)[C@@H]1CCCN1. The third-order valence-electron chi connectivity index (χ3n) is 3.39. The molecule has 2 fully saturated rings. The number of nitrogens with one attached hydrogen (secondary N) is 1. The van der Waals surface area contributed by atoms with Crippen molar-refractivity contribution >= 4 is 0 Å². The first-order valence-electron chi connectivity index (χ1n) is 5.29. The van der Waals surface area contributed by atoms with Gasteiger partial charge in [-0.2, -0.15) is 0 Å². The minimum absolute atomic E-state index is 0.0602. The molecule has 2 rings (SSSR count). The lowest BCUT2D eigenvalue weighted by Crippen LogP contribution is -2.39. The normalized spacial score (nSPS) is 34.2. The van der Waals surface area contributed by atoms with Crippen LogP contribution < -0.4 is 5.32 Å². The van der Waals surface area contributed by atoms with Gasteiger partial charge in [-0.15, -0.1) is 0 Å². The van der Waals surface area contributed by atoms with Crippen molar-refractivity contribution in [3.05, 3.63) is 0 Å². The third kappa shape index (κ3) is 1.64. The molecule has 0 aromatic heterocycles. The van der Waals surface area contributed by atoms with Crippen LogP contribution >= 0.6 is 0 Å². The van der Waals surface area contributed by atoms with Crippen molar-refractivity contribution in [1.82, 2.24) is 5.32 Å². The summed E-state index contributed by atoms with van der Waals surface area (Å²) in [5.41, 5.74) is 0. The fourth-order valence-electron chi connectivity index (χ4n) is 2.63. The Hall–Kier alpha value is -0.0800. The van der Waals surface area contributed by atoms with Crippen LogP contribution in [0.2, 0.25) is 0 Å². The molecule has 0 bridgehead atoms. The van der Waals surface area contributed by atoms with Crippen molar-refractivity contribution in [3.8, 4) is 0 Å². The molecule has 0 radical (unpaired) electrons. The van der Waals surface area contributed by atoms with E-state index in [0.717, 1.165) is 6.54 Å². The molecule has 12 heavy (non-hydrogen) atoms. The molecule has 1 aliphatic heterocycles. The van der Waals surface area contributed by atoms with Crippen molar-refractivity contribution in [2.24, 2.45) is 5.92 Å². The molecule has 1 saturated heterocycles. The van der Waals surface area contributed by atoms with Gasteiger partial charge in [0, 0.05) is 6.04 Å². The van der Waals surface area contributed by atoms with Gasteiger partial charge in [0.1, 0.15) is 0 Å². The predicted molar refractivity (Wildman–Crippen MR) is 49.0 cm³/mol. The number of rotatable bonds is 2. The summed E-state index contributed by atoms with van der Waals surface area (Å²) in [5, 5.41) is 13.4. The molecule has 0 aromatic carbocycles. The van der Waals surface area contributed by atoms with Crippen LogP contribution in [0.4, 0.5) is 0 Å². The molecule has 1 heterocycles. The van der Waals surface area contributed by atoms with Crippen molar-refractivity contribution < 1.29 is 5.11 Å². The highest BCUT2D eigenvalue weighted by Gasteiger charge is 2.31. The van der Waals surface area contributed by atoms with E-state index < -0.39 is 0 Å². The second kappa shape index (κ2) is 3.75. The van der Waals surface area contributed by atoms with Crippen LogP contribution in [0.25, 0.3) is 0 Å². The summed E-state index contributed by atoms with van der Waals surface area (Å²) in [6, 6.07) is 0.410. The smallest absolute Gasteiger partial charge is 0.0721 e. The van der Waals surface area contributed by atoms with Gasteiger partial charge in [0.15, 0.2) is 0 Å². The first-order valence-corrected chi connectivity index (χ1v) is 5.29. The minimum atomic E-state index is -0.0602. The first-order chi connectivity index (χ1) is 5.88. The Morgan fingerprint density at radius 1 is 1.08 bits per heavy atom. The van der Waals surface area contributed by atoms with E-state index in [9.17, 15) is 5.11 Å². The molecule has 0 aromatic rings. The summed E-state index contributed by atoms with van der Waals surface area (Å²) in [6.07, 6.45) is 7.52. The van der Waals surface area contributed by atoms with Crippen molar-refractivity contribution in [1.29, 1.82) is 0 Å². The lowest BCUT2D eigenvalue weighted by atomic mass is 9.94. The fourth-order valence-corrected chi connectivity index (χ4v) is 2.63.